The number of aryl methyl sites for hydroxylation is 1. The van der Waals surface area contributed by atoms with Gasteiger partial charge < -0.3 is 11.1 Å². The zero-order valence-corrected chi connectivity index (χ0v) is 15.0. The smallest absolute Gasteiger partial charge is 0.251 e. The average Bonchev–Trinajstić information content (AvgIpc) is 2.55. The number of nitrogen functional groups attached to an aromatic ring is 1. The molecule has 1 atom stereocenters. The third kappa shape index (κ3) is 4.47. The number of benzene rings is 1. The van der Waals surface area contributed by atoms with Crippen molar-refractivity contribution in [2.24, 2.45) is 5.92 Å². The van der Waals surface area contributed by atoms with E-state index in [2.05, 4.69) is 31.0 Å². The Morgan fingerprint density at radius 3 is 2.87 bits per heavy atom. The van der Waals surface area contributed by atoms with Crippen LogP contribution in [-0.4, -0.2) is 36.0 Å². The second kappa shape index (κ2) is 7.35. The van der Waals surface area contributed by atoms with E-state index in [1.54, 1.807) is 6.07 Å². The molecule has 1 amide bonds. The first kappa shape index (κ1) is 17.8. The number of nitrogens with two attached hydrogens (primary N) is 1. The molecule has 3 N–H and O–H groups in total. The van der Waals surface area contributed by atoms with Crippen molar-refractivity contribution in [3.05, 3.63) is 29.3 Å². The lowest BCUT2D eigenvalue weighted by atomic mass is 9.91. The molecule has 0 radical (unpaired) electrons. The second-order valence-electron chi connectivity index (χ2n) is 7.43. The molecule has 0 aromatic heterocycles. The summed E-state index contributed by atoms with van der Waals surface area (Å²) in [5.41, 5.74) is 8.03. The highest BCUT2D eigenvalue weighted by atomic mass is 16.1. The minimum Gasteiger partial charge on any atom is -0.399 e. The van der Waals surface area contributed by atoms with Crippen molar-refractivity contribution < 1.29 is 4.79 Å². The molecular formula is C19H31N3O. The number of likely N-dealkylation sites (tertiary alicyclic amines) is 1. The van der Waals surface area contributed by atoms with Crippen molar-refractivity contribution in [2.75, 3.05) is 25.4 Å². The Labute approximate surface area is 140 Å². The normalized spacial score (nSPS) is 19.6. The summed E-state index contributed by atoms with van der Waals surface area (Å²) in [5, 5.41) is 3.10. The molecule has 0 aliphatic carbocycles. The van der Waals surface area contributed by atoms with Gasteiger partial charge in [0.15, 0.2) is 0 Å². The van der Waals surface area contributed by atoms with Crippen LogP contribution in [0.2, 0.25) is 0 Å². The van der Waals surface area contributed by atoms with Gasteiger partial charge in [0, 0.05) is 29.9 Å². The maximum atomic E-state index is 12.5. The summed E-state index contributed by atoms with van der Waals surface area (Å²) in [7, 11) is 0. The van der Waals surface area contributed by atoms with Crippen LogP contribution in [0.1, 0.15) is 56.0 Å². The van der Waals surface area contributed by atoms with Crippen LogP contribution in [-0.2, 0) is 0 Å². The summed E-state index contributed by atoms with van der Waals surface area (Å²) >= 11 is 0. The van der Waals surface area contributed by atoms with Crippen molar-refractivity contribution >= 4 is 11.6 Å². The minimum atomic E-state index is -0.0353. The number of carbonyl (C=O) groups is 1. The van der Waals surface area contributed by atoms with Gasteiger partial charge in [-0.3, -0.25) is 9.69 Å². The van der Waals surface area contributed by atoms with E-state index >= 15 is 0 Å². The first-order valence-corrected chi connectivity index (χ1v) is 8.73. The third-order valence-electron chi connectivity index (χ3n) is 5.14. The summed E-state index contributed by atoms with van der Waals surface area (Å²) in [6.45, 7) is 11.6. The van der Waals surface area contributed by atoms with Gasteiger partial charge in [-0.15, -0.1) is 0 Å². The fourth-order valence-corrected chi connectivity index (χ4v) is 3.34. The summed E-state index contributed by atoms with van der Waals surface area (Å²) < 4.78 is 0. The van der Waals surface area contributed by atoms with E-state index in [1.807, 2.05) is 19.1 Å². The Hall–Kier alpha value is -1.55. The molecule has 1 aliphatic heterocycles. The highest BCUT2D eigenvalue weighted by Gasteiger charge is 2.31. The summed E-state index contributed by atoms with van der Waals surface area (Å²) in [6, 6.07) is 5.48. The highest BCUT2D eigenvalue weighted by Crippen LogP contribution is 2.25. The number of anilines is 1. The number of hydrogen-bond acceptors (Lipinski definition) is 3. The Morgan fingerprint density at radius 1 is 1.43 bits per heavy atom. The molecule has 1 aliphatic rings. The predicted octanol–water partition coefficient (Wildman–Crippen LogP) is 3.21. The van der Waals surface area contributed by atoms with Gasteiger partial charge in [-0.1, -0.05) is 19.4 Å². The molecule has 128 valence electrons. The van der Waals surface area contributed by atoms with Crippen molar-refractivity contribution in [3.8, 4) is 0 Å². The van der Waals surface area contributed by atoms with Gasteiger partial charge in [-0.25, -0.2) is 0 Å². The molecular weight excluding hydrogens is 286 g/mol. The van der Waals surface area contributed by atoms with E-state index < -0.39 is 0 Å². The quantitative estimate of drug-likeness (QED) is 0.820. The van der Waals surface area contributed by atoms with E-state index in [0.717, 1.165) is 24.6 Å². The van der Waals surface area contributed by atoms with Gasteiger partial charge in [-0.2, -0.15) is 0 Å². The Kier molecular flexibility index (Phi) is 5.69. The van der Waals surface area contributed by atoms with Crippen LogP contribution < -0.4 is 11.1 Å². The zero-order chi connectivity index (χ0) is 17.0. The highest BCUT2D eigenvalue weighted by molar-refractivity contribution is 5.96. The van der Waals surface area contributed by atoms with Crippen LogP contribution in [0.5, 0.6) is 0 Å². The third-order valence-corrected chi connectivity index (χ3v) is 5.14. The van der Waals surface area contributed by atoms with E-state index in [9.17, 15) is 4.79 Å². The maximum absolute atomic E-state index is 12.5. The first-order valence-electron chi connectivity index (χ1n) is 8.73. The van der Waals surface area contributed by atoms with Crippen LogP contribution in [0.3, 0.4) is 0 Å². The number of piperidine rings is 1. The van der Waals surface area contributed by atoms with Crippen LogP contribution in [0.15, 0.2) is 18.2 Å². The topological polar surface area (TPSA) is 58.4 Å². The molecule has 1 heterocycles. The number of nitrogens with one attached hydrogen (secondary N) is 1. The van der Waals surface area contributed by atoms with Crippen molar-refractivity contribution in [3.63, 3.8) is 0 Å². The van der Waals surface area contributed by atoms with Gasteiger partial charge in [0.2, 0.25) is 0 Å². The molecule has 0 spiro atoms. The Morgan fingerprint density at radius 2 is 2.17 bits per heavy atom. The molecule has 4 heteroatoms. The van der Waals surface area contributed by atoms with Crippen molar-refractivity contribution in [1.29, 1.82) is 0 Å². The molecule has 0 saturated carbocycles. The van der Waals surface area contributed by atoms with E-state index in [1.165, 1.54) is 19.3 Å². The Bertz CT molecular complexity index is 554. The molecule has 4 nitrogen and oxygen atoms in total. The summed E-state index contributed by atoms with van der Waals surface area (Å²) in [6.07, 6.45) is 3.82. The molecule has 2 rings (SSSR count). The summed E-state index contributed by atoms with van der Waals surface area (Å²) in [5.74, 6) is 0.752. The standard InChI is InChI=1S/C19H31N3O/c1-5-15-7-6-10-22(12-15)19(3,4)13-21-18(23)17-11-16(20)9-8-14(17)2/h8-9,11,15H,5-7,10,12-13,20H2,1-4H3,(H,21,23). The monoisotopic (exact) mass is 317 g/mol. The zero-order valence-electron chi connectivity index (χ0n) is 15.0. The number of carbonyl (C=O) groups excluding carboxylic acids is 1. The summed E-state index contributed by atoms with van der Waals surface area (Å²) in [4.78, 5) is 15.0. The lowest BCUT2D eigenvalue weighted by Gasteiger charge is -2.43. The van der Waals surface area contributed by atoms with Gasteiger partial charge in [-0.05, 0) is 63.8 Å². The van der Waals surface area contributed by atoms with Gasteiger partial charge in [0.05, 0.1) is 0 Å². The van der Waals surface area contributed by atoms with Crippen LogP contribution in [0.4, 0.5) is 5.69 Å². The van der Waals surface area contributed by atoms with Gasteiger partial charge in [0.1, 0.15) is 0 Å². The van der Waals surface area contributed by atoms with E-state index in [0.29, 0.717) is 17.8 Å². The lowest BCUT2D eigenvalue weighted by Crippen LogP contribution is -2.54. The van der Waals surface area contributed by atoms with Gasteiger partial charge in [0.25, 0.3) is 5.91 Å². The van der Waals surface area contributed by atoms with Crippen molar-refractivity contribution in [1.82, 2.24) is 10.2 Å². The van der Waals surface area contributed by atoms with E-state index in [4.69, 9.17) is 5.73 Å². The van der Waals surface area contributed by atoms with Crippen LogP contribution >= 0.6 is 0 Å². The minimum absolute atomic E-state index is 0.0300. The number of amides is 1. The average molecular weight is 317 g/mol. The fraction of sp³-hybridized carbons (Fsp3) is 0.632. The van der Waals surface area contributed by atoms with Crippen LogP contribution in [0.25, 0.3) is 0 Å². The molecule has 1 aromatic rings. The molecule has 1 unspecified atom stereocenters. The number of rotatable bonds is 5. The Balaban J connectivity index is 1.98. The largest absolute Gasteiger partial charge is 0.399 e. The van der Waals surface area contributed by atoms with Gasteiger partial charge >= 0.3 is 0 Å². The molecule has 1 fully saturated rings. The molecule has 1 saturated heterocycles. The fourth-order valence-electron chi connectivity index (χ4n) is 3.34. The molecule has 23 heavy (non-hydrogen) atoms. The molecule has 1 aromatic carbocycles. The molecule has 0 bridgehead atoms. The first-order chi connectivity index (χ1) is 10.8. The van der Waals surface area contributed by atoms with Crippen LogP contribution in [0, 0.1) is 12.8 Å². The lowest BCUT2D eigenvalue weighted by molar-refractivity contribution is 0.0612. The van der Waals surface area contributed by atoms with E-state index in [-0.39, 0.29) is 11.4 Å². The maximum Gasteiger partial charge on any atom is 0.251 e. The predicted molar refractivity (Wildman–Crippen MR) is 96.6 cm³/mol. The second-order valence-corrected chi connectivity index (χ2v) is 7.43. The number of hydrogen-bond donors (Lipinski definition) is 2. The SMILES string of the molecule is CCC1CCCN(C(C)(C)CNC(=O)c2cc(N)ccc2C)C1. The van der Waals surface area contributed by atoms with Crippen molar-refractivity contribution in [2.45, 2.75) is 52.5 Å². The number of nitrogens with zero attached hydrogens (tertiary/aromatic N) is 1.